The summed E-state index contributed by atoms with van der Waals surface area (Å²) in [6.45, 7) is 3.92. The smallest absolute Gasteiger partial charge is 0.317 e. The summed E-state index contributed by atoms with van der Waals surface area (Å²) in [4.78, 5) is 18.3. The summed E-state index contributed by atoms with van der Waals surface area (Å²) in [7, 11) is 0. The molecule has 0 radical (unpaired) electrons. The average molecular weight is 273 g/mol. The van der Waals surface area contributed by atoms with E-state index in [1.807, 2.05) is 39.9 Å². The van der Waals surface area contributed by atoms with Crippen LogP contribution >= 0.6 is 0 Å². The van der Waals surface area contributed by atoms with Gasteiger partial charge in [0, 0.05) is 51.5 Å². The molecule has 3 rings (SSSR count). The fourth-order valence-corrected chi connectivity index (χ4v) is 2.38. The zero-order valence-corrected chi connectivity index (χ0v) is 11.4. The summed E-state index contributed by atoms with van der Waals surface area (Å²) in [5.74, 6) is 0. The molecular formula is C14H19N5O. The van der Waals surface area contributed by atoms with Crippen LogP contribution in [-0.4, -0.2) is 53.0 Å². The lowest BCUT2D eigenvalue weighted by atomic mass is 10.3. The maximum Gasteiger partial charge on any atom is 0.317 e. The van der Waals surface area contributed by atoms with Gasteiger partial charge >= 0.3 is 6.03 Å². The van der Waals surface area contributed by atoms with Crippen molar-refractivity contribution >= 4 is 11.7 Å². The minimum Gasteiger partial charge on any atom is -0.338 e. The Morgan fingerprint density at radius 3 is 3.00 bits per heavy atom. The van der Waals surface area contributed by atoms with Gasteiger partial charge in [0.15, 0.2) is 0 Å². The van der Waals surface area contributed by atoms with Crippen molar-refractivity contribution in [2.45, 2.75) is 6.42 Å². The van der Waals surface area contributed by atoms with Gasteiger partial charge in [-0.2, -0.15) is 0 Å². The largest absolute Gasteiger partial charge is 0.338 e. The number of amides is 2. The van der Waals surface area contributed by atoms with Gasteiger partial charge in [-0.25, -0.2) is 9.78 Å². The molecule has 0 spiro atoms. The van der Waals surface area contributed by atoms with Crippen molar-refractivity contribution < 1.29 is 4.79 Å². The molecule has 1 fully saturated rings. The second kappa shape index (κ2) is 5.92. The van der Waals surface area contributed by atoms with Gasteiger partial charge in [0.1, 0.15) is 5.65 Å². The minimum absolute atomic E-state index is 0.0234. The molecule has 2 aromatic heterocycles. The first-order valence-electron chi connectivity index (χ1n) is 6.99. The van der Waals surface area contributed by atoms with Crippen LogP contribution in [-0.2, 0) is 6.42 Å². The van der Waals surface area contributed by atoms with Crippen molar-refractivity contribution in [1.29, 1.82) is 0 Å². The molecule has 1 saturated heterocycles. The highest BCUT2D eigenvalue weighted by Gasteiger charge is 2.15. The second-order valence-electron chi connectivity index (χ2n) is 4.92. The normalized spacial score (nSPS) is 15.5. The third kappa shape index (κ3) is 2.91. The summed E-state index contributed by atoms with van der Waals surface area (Å²) in [6.07, 6.45) is 4.73. The zero-order valence-electron chi connectivity index (χ0n) is 11.4. The molecule has 2 amide bonds. The van der Waals surface area contributed by atoms with E-state index in [0.29, 0.717) is 6.54 Å². The molecule has 0 bridgehead atoms. The van der Waals surface area contributed by atoms with E-state index in [0.717, 1.165) is 43.9 Å². The van der Waals surface area contributed by atoms with E-state index < -0.39 is 0 Å². The van der Waals surface area contributed by atoms with E-state index in [2.05, 4.69) is 15.6 Å². The highest BCUT2D eigenvalue weighted by molar-refractivity contribution is 5.74. The molecule has 0 aliphatic carbocycles. The number of hydrogen-bond donors (Lipinski definition) is 2. The standard InChI is InChI=1S/C14H19N5O/c20-14(18-9-6-15-7-10-18)16-5-4-12-11-19-8-2-1-3-13(19)17-12/h1-3,8,11,15H,4-7,9-10H2,(H,16,20). The third-order valence-corrected chi connectivity index (χ3v) is 3.48. The van der Waals surface area contributed by atoms with Crippen LogP contribution in [0.2, 0.25) is 0 Å². The highest BCUT2D eigenvalue weighted by atomic mass is 16.2. The Labute approximate surface area is 117 Å². The van der Waals surface area contributed by atoms with Crippen molar-refractivity contribution in [3.63, 3.8) is 0 Å². The Balaban J connectivity index is 1.50. The number of piperazine rings is 1. The van der Waals surface area contributed by atoms with E-state index in [1.54, 1.807) is 0 Å². The van der Waals surface area contributed by atoms with Crippen molar-refractivity contribution in [2.75, 3.05) is 32.7 Å². The topological polar surface area (TPSA) is 61.7 Å². The van der Waals surface area contributed by atoms with Gasteiger partial charge in [0.25, 0.3) is 0 Å². The summed E-state index contributed by atoms with van der Waals surface area (Å²) in [6, 6.07) is 5.95. The first kappa shape index (κ1) is 12.9. The van der Waals surface area contributed by atoms with Crippen molar-refractivity contribution in [1.82, 2.24) is 24.9 Å². The minimum atomic E-state index is 0.0234. The molecule has 0 saturated carbocycles. The van der Waals surface area contributed by atoms with Crippen LogP contribution in [0.3, 0.4) is 0 Å². The fraction of sp³-hybridized carbons (Fsp3) is 0.429. The fourth-order valence-electron chi connectivity index (χ4n) is 2.38. The first-order valence-corrected chi connectivity index (χ1v) is 6.99. The van der Waals surface area contributed by atoms with Crippen LogP contribution in [0.5, 0.6) is 0 Å². The maximum atomic E-state index is 11.9. The number of carbonyl (C=O) groups is 1. The second-order valence-corrected chi connectivity index (χ2v) is 4.92. The van der Waals surface area contributed by atoms with E-state index in [-0.39, 0.29) is 6.03 Å². The molecule has 6 nitrogen and oxygen atoms in total. The number of rotatable bonds is 3. The lowest BCUT2D eigenvalue weighted by Crippen LogP contribution is -2.50. The summed E-state index contributed by atoms with van der Waals surface area (Å²) in [5.41, 5.74) is 1.94. The Kier molecular flexibility index (Phi) is 3.83. The van der Waals surface area contributed by atoms with Gasteiger partial charge in [-0.1, -0.05) is 6.07 Å². The van der Waals surface area contributed by atoms with Crippen molar-refractivity contribution in [2.24, 2.45) is 0 Å². The molecule has 3 heterocycles. The van der Waals surface area contributed by atoms with Crippen molar-refractivity contribution in [3.8, 4) is 0 Å². The Bertz CT molecular complexity index is 555. The van der Waals surface area contributed by atoms with Crippen LogP contribution in [0.4, 0.5) is 4.79 Å². The SMILES string of the molecule is O=C(NCCc1cn2ccccc2n1)N1CCNCC1. The molecule has 1 aliphatic heterocycles. The van der Waals surface area contributed by atoms with Crippen LogP contribution in [0.25, 0.3) is 5.65 Å². The van der Waals surface area contributed by atoms with E-state index in [9.17, 15) is 4.79 Å². The summed E-state index contributed by atoms with van der Waals surface area (Å²) < 4.78 is 1.99. The molecule has 0 aromatic carbocycles. The average Bonchev–Trinajstić information content (AvgIpc) is 2.90. The van der Waals surface area contributed by atoms with Gasteiger partial charge in [-0.15, -0.1) is 0 Å². The zero-order chi connectivity index (χ0) is 13.8. The summed E-state index contributed by atoms with van der Waals surface area (Å²) in [5, 5.41) is 6.19. The molecule has 6 heteroatoms. The van der Waals surface area contributed by atoms with E-state index >= 15 is 0 Å². The molecule has 106 valence electrons. The lowest BCUT2D eigenvalue weighted by Gasteiger charge is -2.27. The Hall–Kier alpha value is -2.08. The van der Waals surface area contributed by atoms with Crippen LogP contribution < -0.4 is 10.6 Å². The first-order chi connectivity index (χ1) is 9.83. The van der Waals surface area contributed by atoms with Crippen LogP contribution in [0.15, 0.2) is 30.6 Å². The van der Waals surface area contributed by atoms with E-state index in [1.165, 1.54) is 0 Å². The summed E-state index contributed by atoms with van der Waals surface area (Å²) >= 11 is 0. The van der Waals surface area contributed by atoms with Crippen LogP contribution in [0, 0.1) is 0 Å². The number of hydrogen-bond acceptors (Lipinski definition) is 3. The number of pyridine rings is 1. The lowest BCUT2D eigenvalue weighted by molar-refractivity contribution is 0.190. The molecule has 2 aromatic rings. The quantitative estimate of drug-likeness (QED) is 0.855. The molecule has 1 aliphatic rings. The Morgan fingerprint density at radius 2 is 2.20 bits per heavy atom. The molecule has 0 atom stereocenters. The van der Waals surface area contributed by atoms with Crippen molar-refractivity contribution in [3.05, 3.63) is 36.3 Å². The van der Waals surface area contributed by atoms with Gasteiger partial charge in [0.05, 0.1) is 5.69 Å². The predicted molar refractivity (Wildman–Crippen MR) is 76.7 cm³/mol. The number of aromatic nitrogens is 2. The number of nitrogens with one attached hydrogen (secondary N) is 2. The van der Waals surface area contributed by atoms with E-state index in [4.69, 9.17) is 0 Å². The van der Waals surface area contributed by atoms with Gasteiger partial charge in [0.2, 0.25) is 0 Å². The maximum absolute atomic E-state index is 11.9. The number of fused-ring (bicyclic) bond motifs is 1. The molecular weight excluding hydrogens is 254 g/mol. The monoisotopic (exact) mass is 273 g/mol. The molecule has 0 unspecified atom stereocenters. The van der Waals surface area contributed by atoms with Crippen LogP contribution in [0.1, 0.15) is 5.69 Å². The van der Waals surface area contributed by atoms with Gasteiger partial charge in [-0.3, -0.25) is 0 Å². The predicted octanol–water partition coefficient (Wildman–Crippen LogP) is 0.492. The van der Waals surface area contributed by atoms with Gasteiger partial charge in [-0.05, 0) is 12.1 Å². The molecule has 20 heavy (non-hydrogen) atoms. The number of carbonyl (C=O) groups excluding carboxylic acids is 1. The third-order valence-electron chi connectivity index (χ3n) is 3.48. The molecule has 2 N–H and O–H groups in total. The van der Waals surface area contributed by atoms with Gasteiger partial charge < -0.3 is 19.9 Å². The number of imidazole rings is 1. The number of urea groups is 1. The Morgan fingerprint density at radius 1 is 1.35 bits per heavy atom. The highest BCUT2D eigenvalue weighted by Crippen LogP contribution is 2.04. The number of nitrogens with zero attached hydrogens (tertiary/aromatic N) is 3.